The number of nitrogens with one attached hydrogen (secondary N) is 1. The Balaban J connectivity index is 1.65. The van der Waals surface area contributed by atoms with Gasteiger partial charge in [-0.05, 0) is 35.0 Å². The number of hydrogen-bond donors (Lipinski definition) is 1. The van der Waals surface area contributed by atoms with E-state index in [1.165, 1.54) is 19.1 Å². The molecular weight excluding hydrogens is 462 g/mol. The van der Waals surface area contributed by atoms with E-state index in [0.29, 0.717) is 26.4 Å². The zero-order chi connectivity index (χ0) is 21.0. The predicted molar refractivity (Wildman–Crippen MR) is 112 cm³/mol. The number of hydrogen-bond acceptors (Lipinski definition) is 7. The Kier molecular flexibility index (Phi) is 6.35. The minimum Gasteiger partial charge on any atom is -0.449 e. The maximum Gasteiger partial charge on any atom is 0.340 e. The summed E-state index contributed by atoms with van der Waals surface area (Å²) >= 11 is 4.43. The van der Waals surface area contributed by atoms with Gasteiger partial charge in [0.25, 0.3) is 11.6 Å². The number of nitro groups is 1. The van der Waals surface area contributed by atoms with E-state index in [2.05, 4.69) is 26.2 Å². The fourth-order valence-electron chi connectivity index (χ4n) is 2.35. The number of nitro benzene ring substituents is 1. The summed E-state index contributed by atoms with van der Waals surface area (Å²) in [5.74, 6) is -1.16. The lowest BCUT2D eigenvalue weighted by molar-refractivity contribution is -0.384. The Morgan fingerprint density at radius 1 is 1.24 bits per heavy atom. The summed E-state index contributed by atoms with van der Waals surface area (Å²) in [5.41, 5.74) is 1.32. The van der Waals surface area contributed by atoms with Gasteiger partial charge < -0.3 is 4.74 Å². The lowest BCUT2D eigenvalue weighted by Gasteiger charge is -2.13. The molecule has 29 heavy (non-hydrogen) atoms. The van der Waals surface area contributed by atoms with Gasteiger partial charge in [0.05, 0.1) is 16.2 Å². The van der Waals surface area contributed by atoms with Crippen LogP contribution in [0.3, 0.4) is 0 Å². The average molecular weight is 476 g/mol. The Labute approximate surface area is 177 Å². The van der Waals surface area contributed by atoms with E-state index in [9.17, 15) is 19.7 Å². The second-order valence-electron chi connectivity index (χ2n) is 5.86. The van der Waals surface area contributed by atoms with Gasteiger partial charge in [-0.25, -0.2) is 9.78 Å². The van der Waals surface area contributed by atoms with Gasteiger partial charge in [-0.1, -0.05) is 24.3 Å². The van der Waals surface area contributed by atoms with Crippen molar-refractivity contribution in [3.8, 4) is 11.3 Å². The quantitative estimate of drug-likeness (QED) is 0.315. The number of ether oxygens (including phenoxy) is 1. The van der Waals surface area contributed by atoms with Gasteiger partial charge in [-0.15, -0.1) is 11.3 Å². The number of amides is 1. The molecule has 1 amide bonds. The predicted octanol–water partition coefficient (Wildman–Crippen LogP) is 4.66. The second-order valence-corrected chi connectivity index (χ2v) is 7.57. The number of non-ortho nitro benzene ring substituents is 1. The first kappa shape index (κ1) is 20.6. The number of rotatable bonds is 6. The number of esters is 1. The van der Waals surface area contributed by atoms with Crippen LogP contribution in [0.2, 0.25) is 0 Å². The second kappa shape index (κ2) is 8.93. The van der Waals surface area contributed by atoms with Crippen LogP contribution in [-0.4, -0.2) is 27.9 Å². The minimum atomic E-state index is -1.04. The van der Waals surface area contributed by atoms with E-state index in [-0.39, 0.29) is 5.69 Å². The van der Waals surface area contributed by atoms with Crippen molar-refractivity contribution in [1.82, 2.24) is 4.98 Å². The zero-order valence-corrected chi connectivity index (χ0v) is 17.4. The van der Waals surface area contributed by atoms with Crippen molar-refractivity contribution in [2.24, 2.45) is 0 Å². The highest BCUT2D eigenvalue weighted by Crippen LogP contribution is 2.27. The van der Waals surface area contributed by atoms with Gasteiger partial charge in [0.15, 0.2) is 11.2 Å². The van der Waals surface area contributed by atoms with Crippen LogP contribution in [0.25, 0.3) is 11.3 Å². The number of carbonyl (C=O) groups is 2. The SMILES string of the molecule is C[C@@H](OC(=O)c1ccccc1Br)C(=O)Nc1nc(-c2cccc([N+](=O)[O-])c2)cs1. The maximum atomic E-state index is 12.3. The lowest BCUT2D eigenvalue weighted by Crippen LogP contribution is -2.30. The number of halogens is 1. The number of anilines is 1. The highest BCUT2D eigenvalue weighted by atomic mass is 79.9. The molecule has 0 fully saturated rings. The average Bonchev–Trinajstić information content (AvgIpc) is 3.16. The van der Waals surface area contributed by atoms with Crippen LogP contribution in [0, 0.1) is 10.1 Å². The molecule has 2 aromatic carbocycles. The fourth-order valence-corrected chi connectivity index (χ4v) is 3.52. The van der Waals surface area contributed by atoms with Gasteiger partial charge in [0.2, 0.25) is 0 Å². The van der Waals surface area contributed by atoms with Crippen molar-refractivity contribution in [1.29, 1.82) is 0 Å². The summed E-state index contributed by atoms with van der Waals surface area (Å²) in [4.78, 5) is 39.2. The molecule has 0 unspecified atom stereocenters. The maximum absolute atomic E-state index is 12.3. The van der Waals surface area contributed by atoms with Crippen molar-refractivity contribution < 1.29 is 19.2 Å². The van der Waals surface area contributed by atoms with E-state index < -0.39 is 22.9 Å². The molecular formula is C19H14BrN3O5S. The Hall–Kier alpha value is -3.11. The minimum absolute atomic E-state index is 0.0475. The third-order valence-corrected chi connectivity index (χ3v) is 5.28. The molecule has 3 rings (SSSR count). The Bertz CT molecular complexity index is 1080. The van der Waals surface area contributed by atoms with E-state index in [0.717, 1.165) is 11.3 Å². The van der Waals surface area contributed by atoms with Crippen molar-refractivity contribution in [3.05, 3.63) is 74.1 Å². The molecule has 1 heterocycles. The van der Waals surface area contributed by atoms with Gasteiger partial charge >= 0.3 is 5.97 Å². The number of aromatic nitrogens is 1. The fraction of sp³-hybridized carbons (Fsp3) is 0.105. The van der Waals surface area contributed by atoms with Crippen LogP contribution in [-0.2, 0) is 9.53 Å². The topological polar surface area (TPSA) is 111 Å². The molecule has 148 valence electrons. The zero-order valence-electron chi connectivity index (χ0n) is 15.0. The molecule has 0 aliphatic rings. The Morgan fingerprint density at radius 3 is 2.72 bits per heavy atom. The highest BCUT2D eigenvalue weighted by Gasteiger charge is 2.21. The monoisotopic (exact) mass is 475 g/mol. The van der Waals surface area contributed by atoms with Crippen molar-refractivity contribution in [3.63, 3.8) is 0 Å². The summed E-state index contributed by atoms with van der Waals surface area (Å²) < 4.78 is 5.77. The van der Waals surface area contributed by atoms with Gasteiger partial charge in [0, 0.05) is 27.5 Å². The molecule has 0 bridgehead atoms. The molecule has 1 atom stereocenters. The van der Waals surface area contributed by atoms with E-state index in [4.69, 9.17) is 4.74 Å². The molecule has 0 aliphatic carbocycles. The van der Waals surface area contributed by atoms with E-state index in [1.54, 1.807) is 41.8 Å². The van der Waals surface area contributed by atoms with Crippen LogP contribution < -0.4 is 5.32 Å². The lowest BCUT2D eigenvalue weighted by atomic mass is 10.1. The summed E-state index contributed by atoms with van der Waals surface area (Å²) in [5, 5.41) is 15.5. The molecule has 3 aromatic rings. The van der Waals surface area contributed by atoms with Gasteiger partial charge in [-0.2, -0.15) is 0 Å². The first-order valence-corrected chi connectivity index (χ1v) is 9.99. The van der Waals surface area contributed by atoms with Crippen molar-refractivity contribution in [2.75, 3.05) is 5.32 Å². The molecule has 0 spiro atoms. The molecule has 0 radical (unpaired) electrons. The van der Waals surface area contributed by atoms with E-state index in [1.807, 2.05) is 0 Å². The third kappa shape index (κ3) is 5.04. The summed E-state index contributed by atoms with van der Waals surface area (Å²) in [6.45, 7) is 1.46. The molecule has 0 aliphatic heterocycles. The molecule has 1 N–H and O–H groups in total. The molecule has 8 nitrogen and oxygen atoms in total. The standard InChI is InChI=1S/C19H14BrN3O5S/c1-11(28-18(25)14-7-2-3-8-15(14)20)17(24)22-19-21-16(10-29-19)12-5-4-6-13(9-12)23(26)27/h2-11H,1H3,(H,21,22,24)/t11-/m1/s1. The van der Waals surface area contributed by atoms with Crippen LogP contribution in [0.5, 0.6) is 0 Å². The first-order chi connectivity index (χ1) is 13.8. The number of thiazole rings is 1. The molecule has 1 aromatic heterocycles. The first-order valence-electron chi connectivity index (χ1n) is 8.32. The molecule has 0 saturated heterocycles. The van der Waals surface area contributed by atoms with Crippen LogP contribution in [0.15, 0.2) is 58.4 Å². The highest BCUT2D eigenvalue weighted by molar-refractivity contribution is 9.10. The normalized spacial score (nSPS) is 11.5. The summed E-state index contributed by atoms with van der Waals surface area (Å²) in [6, 6.07) is 12.8. The summed E-state index contributed by atoms with van der Waals surface area (Å²) in [7, 11) is 0. The van der Waals surface area contributed by atoms with E-state index >= 15 is 0 Å². The van der Waals surface area contributed by atoms with Crippen molar-refractivity contribution in [2.45, 2.75) is 13.0 Å². The number of benzene rings is 2. The van der Waals surface area contributed by atoms with Gasteiger partial charge in [0.1, 0.15) is 0 Å². The molecule has 10 heteroatoms. The third-order valence-electron chi connectivity index (χ3n) is 3.83. The largest absolute Gasteiger partial charge is 0.449 e. The summed E-state index contributed by atoms with van der Waals surface area (Å²) in [6.07, 6.45) is -1.04. The van der Waals surface area contributed by atoms with Crippen molar-refractivity contribution >= 4 is 50.0 Å². The van der Waals surface area contributed by atoms with Crippen LogP contribution in [0.4, 0.5) is 10.8 Å². The Morgan fingerprint density at radius 2 is 2.00 bits per heavy atom. The van der Waals surface area contributed by atoms with Crippen LogP contribution >= 0.6 is 27.3 Å². The molecule has 0 saturated carbocycles. The van der Waals surface area contributed by atoms with Crippen LogP contribution in [0.1, 0.15) is 17.3 Å². The number of nitrogens with zero attached hydrogens (tertiary/aromatic N) is 2. The number of carbonyl (C=O) groups excluding carboxylic acids is 2. The smallest absolute Gasteiger partial charge is 0.340 e. The van der Waals surface area contributed by atoms with Gasteiger partial charge in [-0.3, -0.25) is 20.2 Å².